The van der Waals surface area contributed by atoms with Crippen LogP contribution in [-0.4, -0.2) is 87.0 Å². The Labute approximate surface area is 243 Å². The van der Waals surface area contributed by atoms with Gasteiger partial charge in [0.15, 0.2) is 0 Å². The zero-order valence-electron chi connectivity index (χ0n) is 23.4. The highest BCUT2D eigenvalue weighted by Gasteiger charge is 2.30. The van der Waals surface area contributed by atoms with E-state index in [0.29, 0.717) is 12.8 Å². The molecule has 42 heavy (non-hydrogen) atoms. The molecule has 0 saturated heterocycles. The number of hydrogen-bond acceptors (Lipinski definition) is 11. The lowest BCUT2D eigenvalue weighted by molar-refractivity contribution is -0.140. The van der Waals surface area contributed by atoms with Crippen LogP contribution in [0.25, 0.3) is 0 Å². The lowest BCUT2D eigenvalue weighted by atomic mass is 10.2. The van der Waals surface area contributed by atoms with Gasteiger partial charge in [-0.25, -0.2) is 18.9 Å². The number of carbonyl (C=O) groups excluding carboxylic acids is 2. The fourth-order valence-electron chi connectivity index (χ4n) is 3.11. The van der Waals surface area contributed by atoms with Crippen LogP contribution in [0.15, 0.2) is 60.7 Å². The van der Waals surface area contributed by atoms with Crippen LogP contribution >= 0.6 is 7.75 Å². The van der Waals surface area contributed by atoms with Crippen LogP contribution in [0.3, 0.4) is 0 Å². The molecule has 0 saturated carbocycles. The molecule has 0 amide bonds. The maximum atomic E-state index is 13.3. The van der Waals surface area contributed by atoms with Crippen LogP contribution in [0.1, 0.15) is 18.1 Å². The van der Waals surface area contributed by atoms with Crippen molar-refractivity contribution in [3.8, 4) is 0 Å². The number of carbonyl (C=O) groups is 3. The van der Waals surface area contributed by atoms with E-state index in [1.165, 1.54) is 14.0 Å². The molecule has 0 radical (unpaired) electrons. The maximum Gasteiger partial charge on any atom is 0.508 e. The lowest BCUT2D eigenvalue weighted by Crippen LogP contribution is -2.45. The molecular weight excluding hydrogens is 573 g/mol. The Kier molecular flexibility index (Phi) is 14.9. The highest BCUT2D eigenvalue weighted by molar-refractivity contribution is 7.52. The van der Waals surface area contributed by atoms with Gasteiger partial charge in [-0.2, -0.15) is 0 Å². The fraction of sp³-hybridized carbons (Fsp3) is 0.407. The average Bonchev–Trinajstić information content (AvgIpc) is 2.98. The molecule has 0 aliphatic rings. The van der Waals surface area contributed by atoms with E-state index >= 15 is 0 Å². The second-order valence-corrected chi connectivity index (χ2v) is 10.3. The van der Waals surface area contributed by atoms with Gasteiger partial charge in [0.2, 0.25) is 5.96 Å². The average molecular weight is 610 g/mol. The summed E-state index contributed by atoms with van der Waals surface area (Å²) in [5, 5.41) is 19.5. The van der Waals surface area contributed by atoms with Crippen LogP contribution in [0, 0.1) is 5.41 Å². The number of rotatable bonds is 17. The van der Waals surface area contributed by atoms with Crippen molar-refractivity contribution in [3.05, 3.63) is 71.8 Å². The minimum absolute atomic E-state index is 0.0901. The summed E-state index contributed by atoms with van der Waals surface area (Å²) in [5.41, 5.74) is 1.96. The molecule has 0 aliphatic carbocycles. The first kappa shape index (κ1) is 34.1. The van der Waals surface area contributed by atoms with Gasteiger partial charge in [-0.05, 0) is 18.1 Å². The van der Waals surface area contributed by atoms with Crippen molar-refractivity contribution in [2.45, 2.75) is 25.8 Å². The van der Waals surface area contributed by atoms with Crippen molar-refractivity contribution in [3.63, 3.8) is 0 Å². The monoisotopic (exact) mass is 609 g/mol. The zero-order chi connectivity index (χ0) is 30.8. The Morgan fingerprint density at radius 1 is 0.786 bits per heavy atom. The van der Waals surface area contributed by atoms with Gasteiger partial charge in [-0.3, -0.25) is 19.5 Å². The molecule has 1 unspecified atom stereocenters. The number of ether oxygens (including phenoxy) is 4. The summed E-state index contributed by atoms with van der Waals surface area (Å²) in [6, 6.07) is 17.6. The van der Waals surface area contributed by atoms with Crippen LogP contribution in [-0.2, 0) is 50.2 Å². The topological polar surface area (TPSA) is 183 Å². The van der Waals surface area contributed by atoms with Gasteiger partial charge in [0.1, 0.15) is 19.3 Å². The predicted molar refractivity (Wildman–Crippen MR) is 150 cm³/mol. The first-order valence-electron chi connectivity index (χ1n) is 13.0. The molecule has 0 aliphatic heterocycles. The number of benzene rings is 2. The summed E-state index contributed by atoms with van der Waals surface area (Å²) in [4.78, 5) is 35.9. The predicted octanol–water partition coefficient (Wildman–Crippen LogP) is 3.85. The number of carboxylic acids is 1. The van der Waals surface area contributed by atoms with Crippen molar-refractivity contribution in [1.82, 2.24) is 9.99 Å². The Hall–Kier alpha value is -4.13. The van der Waals surface area contributed by atoms with E-state index in [4.69, 9.17) is 33.4 Å². The standard InChI is InChI=1S/C27H36N3O11P/c1-21(24(31)32)30(2)25(28)29-42(35,40-19-17-38-26(33)36-15-13-22-9-5-3-6-10-22)41-20-18-39-27(34)37-16-14-23-11-7-4-8-12-23/h3-12,21H,13-20H2,1-2H3,(H,31,32)(H2,28,29,35). The highest BCUT2D eigenvalue weighted by Crippen LogP contribution is 2.43. The molecule has 0 bridgehead atoms. The largest absolute Gasteiger partial charge is 0.508 e. The number of nitrogens with one attached hydrogen (secondary N) is 2. The molecule has 0 heterocycles. The minimum Gasteiger partial charge on any atom is -0.480 e. The van der Waals surface area contributed by atoms with Crippen LogP contribution < -0.4 is 5.09 Å². The molecule has 15 heteroatoms. The van der Waals surface area contributed by atoms with Crippen molar-refractivity contribution in [2.24, 2.45) is 0 Å². The van der Waals surface area contributed by atoms with Gasteiger partial charge in [-0.15, -0.1) is 0 Å². The molecule has 0 aromatic heterocycles. The van der Waals surface area contributed by atoms with E-state index in [1.54, 1.807) is 0 Å². The lowest BCUT2D eigenvalue weighted by Gasteiger charge is -2.27. The van der Waals surface area contributed by atoms with Gasteiger partial charge in [0.05, 0.1) is 26.4 Å². The van der Waals surface area contributed by atoms with Gasteiger partial charge in [-0.1, -0.05) is 60.7 Å². The molecule has 2 rings (SSSR count). The minimum atomic E-state index is -4.31. The summed E-state index contributed by atoms with van der Waals surface area (Å²) in [5.74, 6) is -1.80. The summed E-state index contributed by atoms with van der Waals surface area (Å²) in [6.07, 6.45) is -0.931. The Balaban J connectivity index is 1.78. The van der Waals surface area contributed by atoms with Crippen LogP contribution in [0.2, 0.25) is 0 Å². The molecule has 1 atom stereocenters. The number of hydrogen-bond donors (Lipinski definition) is 3. The molecular formula is C27H36N3O11P. The molecule has 3 N–H and O–H groups in total. The van der Waals surface area contributed by atoms with Crippen molar-refractivity contribution < 1.29 is 52.1 Å². The second kappa shape index (κ2) is 18.3. The summed E-state index contributed by atoms with van der Waals surface area (Å²) < 4.78 is 43.5. The van der Waals surface area contributed by atoms with Crippen molar-refractivity contribution in [2.75, 3.05) is 46.7 Å². The Morgan fingerprint density at radius 2 is 1.19 bits per heavy atom. The van der Waals surface area contributed by atoms with Gasteiger partial charge in [0, 0.05) is 19.9 Å². The highest BCUT2D eigenvalue weighted by atomic mass is 31.2. The molecule has 2 aromatic rings. The van der Waals surface area contributed by atoms with E-state index in [1.807, 2.05) is 60.7 Å². The smallest absolute Gasteiger partial charge is 0.480 e. The molecule has 14 nitrogen and oxygen atoms in total. The molecule has 2 aromatic carbocycles. The van der Waals surface area contributed by atoms with E-state index in [9.17, 15) is 24.1 Å². The van der Waals surface area contributed by atoms with E-state index in [0.717, 1.165) is 16.0 Å². The molecule has 230 valence electrons. The van der Waals surface area contributed by atoms with Gasteiger partial charge < -0.3 is 29.0 Å². The number of nitrogens with zero attached hydrogens (tertiary/aromatic N) is 1. The normalized spacial score (nSPS) is 11.6. The first-order valence-corrected chi connectivity index (χ1v) is 14.5. The summed E-state index contributed by atoms with van der Waals surface area (Å²) in [7, 11) is -3.02. The van der Waals surface area contributed by atoms with Crippen LogP contribution in [0.4, 0.5) is 9.59 Å². The number of guanidine groups is 1. The molecule has 0 spiro atoms. The van der Waals surface area contributed by atoms with Gasteiger partial charge >= 0.3 is 26.0 Å². The Morgan fingerprint density at radius 3 is 1.60 bits per heavy atom. The summed E-state index contributed by atoms with van der Waals surface area (Å²) in [6.45, 7) is -0.0759. The van der Waals surface area contributed by atoms with E-state index < -0.39 is 51.2 Å². The number of carboxylic acid groups (broad SMARTS) is 1. The third kappa shape index (κ3) is 13.5. The number of likely N-dealkylation sites (N-methyl/N-ethyl adjacent to an activating group) is 1. The SMILES string of the molecule is CC(C(=O)O)N(C)C(=N)NP(=O)(OCCOC(=O)OCCc1ccccc1)OCCOC(=O)OCCc1ccccc1. The van der Waals surface area contributed by atoms with E-state index in [2.05, 4.69) is 5.09 Å². The number of aliphatic carboxylic acids is 1. The van der Waals surface area contributed by atoms with Crippen molar-refractivity contribution in [1.29, 1.82) is 5.41 Å². The van der Waals surface area contributed by atoms with E-state index in [-0.39, 0.29) is 26.4 Å². The fourth-order valence-corrected chi connectivity index (χ4v) is 4.36. The van der Waals surface area contributed by atoms with Crippen LogP contribution in [0.5, 0.6) is 0 Å². The second-order valence-electron chi connectivity index (χ2n) is 8.61. The third-order valence-electron chi connectivity index (χ3n) is 5.57. The maximum absolute atomic E-state index is 13.3. The Bertz CT molecular complexity index is 1110. The quantitative estimate of drug-likeness (QED) is 0.0774. The van der Waals surface area contributed by atoms with Crippen molar-refractivity contribution >= 4 is 32.0 Å². The summed E-state index contributed by atoms with van der Waals surface area (Å²) >= 11 is 0. The third-order valence-corrected chi connectivity index (χ3v) is 7.10. The zero-order valence-corrected chi connectivity index (χ0v) is 24.3. The first-order chi connectivity index (χ1) is 20.1. The molecule has 0 fully saturated rings. The van der Waals surface area contributed by atoms with Gasteiger partial charge in [0.25, 0.3) is 0 Å².